The molecule has 0 aromatic heterocycles. The van der Waals surface area contributed by atoms with Gasteiger partial charge in [-0.05, 0) is 52.4 Å². The summed E-state index contributed by atoms with van der Waals surface area (Å²) in [5.41, 5.74) is 0.542. The third kappa shape index (κ3) is 2.61. The van der Waals surface area contributed by atoms with E-state index < -0.39 is 29.2 Å². The van der Waals surface area contributed by atoms with Crippen LogP contribution in [0.25, 0.3) is 0 Å². The summed E-state index contributed by atoms with van der Waals surface area (Å²) in [6.07, 6.45) is 0.646. The Kier molecular flexibility index (Phi) is 4.77. The van der Waals surface area contributed by atoms with Crippen molar-refractivity contribution in [1.29, 1.82) is 0 Å². The molecule has 7 nitrogen and oxygen atoms in total. The molecule has 4 rings (SSSR count). The Balaban J connectivity index is 1.93. The normalized spacial score (nSPS) is 34.4. The van der Waals surface area contributed by atoms with Gasteiger partial charge in [-0.1, -0.05) is 12.1 Å². The Bertz CT molecular complexity index is 880. The monoisotopic (exact) mass is 403 g/mol. The maximum Gasteiger partial charge on any atom is 0.339 e. The zero-order chi connectivity index (χ0) is 21.1. The number of fused-ring (bicyclic) bond motifs is 1. The van der Waals surface area contributed by atoms with Gasteiger partial charge in [-0.15, -0.1) is 0 Å². The number of aliphatic hydroxyl groups excluding tert-OH is 2. The smallest absolute Gasteiger partial charge is 0.339 e. The Labute approximate surface area is 170 Å². The van der Waals surface area contributed by atoms with E-state index in [4.69, 9.17) is 9.47 Å². The molecule has 0 radical (unpaired) electrons. The number of carbonyl (C=O) groups is 1. The number of likely N-dealkylation sites (N-methyl/N-ethyl adjacent to an activating group) is 1. The van der Waals surface area contributed by atoms with E-state index in [2.05, 4.69) is 4.90 Å². The molecule has 0 unspecified atom stereocenters. The molecular weight excluding hydrogens is 374 g/mol. The van der Waals surface area contributed by atoms with Crippen LogP contribution in [0.15, 0.2) is 24.0 Å². The van der Waals surface area contributed by atoms with E-state index in [0.717, 1.165) is 17.7 Å². The lowest BCUT2D eigenvalue weighted by molar-refractivity contribution is -0.165. The van der Waals surface area contributed by atoms with Gasteiger partial charge in [-0.3, -0.25) is 0 Å². The van der Waals surface area contributed by atoms with Crippen molar-refractivity contribution in [3.63, 3.8) is 0 Å². The Morgan fingerprint density at radius 2 is 2.17 bits per heavy atom. The molecule has 0 saturated carbocycles. The van der Waals surface area contributed by atoms with Crippen molar-refractivity contribution in [1.82, 2.24) is 4.90 Å². The summed E-state index contributed by atoms with van der Waals surface area (Å²) in [5.74, 6) is 0.127. The lowest BCUT2D eigenvalue weighted by atomic mass is 9.54. The highest BCUT2D eigenvalue weighted by molar-refractivity contribution is 5.75. The maximum absolute atomic E-state index is 12.1. The predicted molar refractivity (Wildman–Crippen MR) is 105 cm³/mol. The molecule has 3 aliphatic rings. The zero-order valence-electron chi connectivity index (χ0n) is 17.3. The Morgan fingerprint density at radius 3 is 2.83 bits per heavy atom. The number of rotatable bonds is 3. The van der Waals surface area contributed by atoms with Gasteiger partial charge in [-0.2, -0.15) is 0 Å². The number of benzene rings is 1. The molecule has 158 valence electrons. The first-order valence-electron chi connectivity index (χ1n) is 10.1. The van der Waals surface area contributed by atoms with E-state index >= 15 is 0 Å². The second-order valence-electron chi connectivity index (χ2n) is 8.61. The van der Waals surface area contributed by atoms with Gasteiger partial charge in [-0.25, -0.2) is 4.79 Å². The Hall–Kier alpha value is -1.93. The number of hydrogen-bond donors (Lipinski definition) is 3. The molecule has 0 bridgehead atoms. The number of esters is 1. The fourth-order valence-electron chi connectivity index (χ4n) is 5.40. The van der Waals surface area contributed by atoms with Crippen molar-refractivity contribution in [3.8, 4) is 5.75 Å². The molecule has 0 amide bonds. The highest BCUT2D eigenvalue weighted by Gasteiger charge is 2.69. The summed E-state index contributed by atoms with van der Waals surface area (Å²) in [5, 5.41) is 31.6. The van der Waals surface area contributed by atoms with Crippen LogP contribution in [-0.2, 0) is 21.6 Å². The number of nitrogens with zero attached hydrogens (tertiary/aromatic N) is 1. The molecule has 1 saturated heterocycles. The number of likely N-dealkylation sites (tertiary alicyclic amines) is 1. The number of hydrogen-bond acceptors (Lipinski definition) is 7. The lowest BCUT2D eigenvalue weighted by Crippen LogP contribution is -2.71. The van der Waals surface area contributed by atoms with E-state index in [1.54, 1.807) is 6.08 Å². The molecule has 2 heterocycles. The topological polar surface area (TPSA) is 99.5 Å². The first-order chi connectivity index (χ1) is 13.7. The summed E-state index contributed by atoms with van der Waals surface area (Å²) >= 11 is 0. The van der Waals surface area contributed by atoms with Crippen molar-refractivity contribution >= 4 is 5.97 Å². The lowest BCUT2D eigenvalue weighted by Gasteiger charge is -2.58. The Morgan fingerprint density at radius 1 is 1.45 bits per heavy atom. The van der Waals surface area contributed by atoms with Gasteiger partial charge in [0.15, 0.2) is 6.10 Å². The largest absolute Gasteiger partial charge is 0.481 e. The van der Waals surface area contributed by atoms with E-state index in [1.807, 2.05) is 33.0 Å². The molecule has 3 N–H and O–H groups in total. The minimum Gasteiger partial charge on any atom is -0.481 e. The van der Waals surface area contributed by atoms with Crippen LogP contribution in [0.5, 0.6) is 5.75 Å². The third-order valence-corrected chi connectivity index (χ3v) is 7.16. The maximum atomic E-state index is 12.1. The van der Waals surface area contributed by atoms with Crippen molar-refractivity contribution in [2.75, 3.05) is 13.6 Å². The SMILES string of the molecule is Cc1ccc(CO)c2c1[C@]13CCN(C)[C@H](C)[C@]1(O)CC=C(OC(=O)[C@H](C)O)[C@@H]3O2. The fourth-order valence-corrected chi connectivity index (χ4v) is 5.40. The summed E-state index contributed by atoms with van der Waals surface area (Å²) < 4.78 is 11.9. The van der Waals surface area contributed by atoms with Crippen LogP contribution >= 0.6 is 0 Å². The van der Waals surface area contributed by atoms with E-state index in [-0.39, 0.29) is 12.6 Å². The van der Waals surface area contributed by atoms with Gasteiger partial charge in [0.2, 0.25) is 0 Å². The van der Waals surface area contributed by atoms with Gasteiger partial charge < -0.3 is 29.7 Å². The molecule has 2 aliphatic heterocycles. The third-order valence-electron chi connectivity index (χ3n) is 7.16. The first-order valence-corrected chi connectivity index (χ1v) is 10.1. The summed E-state index contributed by atoms with van der Waals surface area (Å²) in [7, 11) is 1.99. The molecule has 1 aromatic rings. The van der Waals surface area contributed by atoms with Crippen molar-refractivity contribution in [3.05, 3.63) is 40.7 Å². The van der Waals surface area contributed by atoms with Crippen LogP contribution in [0, 0.1) is 6.92 Å². The molecule has 1 aromatic carbocycles. The van der Waals surface area contributed by atoms with Gasteiger partial charge in [0, 0.05) is 23.6 Å². The zero-order valence-corrected chi connectivity index (χ0v) is 17.3. The minimum atomic E-state index is -1.26. The van der Waals surface area contributed by atoms with Gasteiger partial charge in [0.05, 0.1) is 17.6 Å². The molecule has 7 heteroatoms. The number of aliphatic hydroxyl groups is 3. The number of carbonyl (C=O) groups excluding carboxylic acids is 1. The second kappa shape index (κ2) is 6.80. The standard InChI is InChI=1S/C22H29NO6/c1-12-5-6-15(11-24)18-17(12)21-9-10-23(4)14(3)22(21,27)8-7-16(19(21)29-18)28-20(26)13(2)25/h5-7,13-14,19,24-25,27H,8-11H2,1-4H3/t13-,14+,19-,21-,22+/m0/s1. The average Bonchev–Trinajstić information content (AvgIpc) is 3.05. The van der Waals surface area contributed by atoms with Crippen LogP contribution in [0.3, 0.4) is 0 Å². The first kappa shape index (κ1) is 20.3. The predicted octanol–water partition coefficient (Wildman–Crippen LogP) is 1.15. The summed E-state index contributed by atoms with van der Waals surface area (Å²) in [6, 6.07) is 3.61. The molecule has 1 spiro atoms. The van der Waals surface area contributed by atoms with Crippen LogP contribution in [-0.4, -0.2) is 63.6 Å². The van der Waals surface area contributed by atoms with Crippen LogP contribution < -0.4 is 4.74 Å². The highest BCUT2D eigenvalue weighted by atomic mass is 16.6. The fraction of sp³-hybridized carbons (Fsp3) is 0.591. The van der Waals surface area contributed by atoms with Gasteiger partial charge in [0.1, 0.15) is 17.6 Å². The number of piperidine rings is 1. The van der Waals surface area contributed by atoms with Crippen LogP contribution in [0.2, 0.25) is 0 Å². The van der Waals surface area contributed by atoms with Crippen molar-refractivity contribution in [2.45, 2.75) is 69.5 Å². The summed E-state index contributed by atoms with van der Waals surface area (Å²) in [6.45, 7) is 5.88. The highest BCUT2D eigenvalue weighted by Crippen LogP contribution is 2.61. The summed E-state index contributed by atoms with van der Waals surface area (Å²) in [4.78, 5) is 14.3. The van der Waals surface area contributed by atoms with Gasteiger partial charge >= 0.3 is 5.97 Å². The van der Waals surface area contributed by atoms with Crippen molar-refractivity contribution < 1.29 is 29.6 Å². The average molecular weight is 403 g/mol. The van der Waals surface area contributed by atoms with Crippen LogP contribution in [0.4, 0.5) is 0 Å². The van der Waals surface area contributed by atoms with E-state index in [1.165, 1.54) is 6.92 Å². The van der Waals surface area contributed by atoms with E-state index in [9.17, 15) is 20.1 Å². The molecular formula is C22H29NO6. The van der Waals surface area contributed by atoms with Crippen LogP contribution in [0.1, 0.15) is 43.4 Å². The number of ether oxygens (including phenoxy) is 2. The molecule has 1 aliphatic carbocycles. The molecule has 5 atom stereocenters. The minimum absolute atomic E-state index is 0.157. The quantitative estimate of drug-likeness (QED) is 0.651. The molecule has 1 fully saturated rings. The van der Waals surface area contributed by atoms with Gasteiger partial charge in [0.25, 0.3) is 0 Å². The number of aryl methyl sites for hydroxylation is 1. The van der Waals surface area contributed by atoms with E-state index in [0.29, 0.717) is 29.9 Å². The second-order valence-corrected chi connectivity index (χ2v) is 8.61. The van der Waals surface area contributed by atoms with Crippen molar-refractivity contribution in [2.24, 2.45) is 0 Å². The molecule has 29 heavy (non-hydrogen) atoms.